The maximum absolute atomic E-state index is 10.9. The summed E-state index contributed by atoms with van der Waals surface area (Å²) < 4.78 is 5.28. The van der Waals surface area contributed by atoms with Crippen LogP contribution < -0.4 is 5.32 Å². The molecule has 1 fully saturated rings. The van der Waals surface area contributed by atoms with E-state index < -0.39 is 42.2 Å². The highest BCUT2D eigenvalue weighted by molar-refractivity contribution is 5.55. The molecule has 0 unspecified atom stereocenters. The molecule has 2 rings (SSSR count). The van der Waals surface area contributed by atoms with Crippen LogP contribution in [0.1, 0.15) is 5.56 Å². The number of aryl methyl sites for hydroxylation is 1. The second kappa shape index (κ2) is 6.55. The lowest BCUT2D eigenvalue weighted by Gasteiger charge is -2.19. The second-order valence-corrected chi connectivity index (χ2v) is 5.16. The van der Waals surface area contributed by atoms with E-state index in [1.54, 1.807) is 13.0 Å². The molecule has 22 heavy (non-hydrogen) atoms. The summed E-state index contributed by atoms with van der Waals surface area (Å²) in [7, 11) is 0. The lowest BCUT2D eigenvalue weighted by atomic mass is 10.1. The van der Waals surface area contributed by atoms with Gasteiger partial charge in [0.05, 0.1) is 11.5 Å². The molecule has 1 heterocycles. The summed E-state index contributed by atoms with van der Waals surface area (Å²) in [5, 5.41) is 51.7. The van der Waals surface area contributed by atoms with Gasteiger partial charge in [0.2, 0.25) is 0 Å². The molecule has 5 N–H and O–H groups in total. The molecule has 1 saturated heterocycles. The van der Waals surface area contributed by atoms with E-state index in [0.29, 0.717) is 11.3 Å². The van der Waals surface area contributed by atoms with Gasteiger partial charge in [0.1, 0.15) is 24.4 Å². The molecule has 0 aliphatic carbocycles. The molecule has 0 radical (unpaired) electrons. The summed E-state index contributed by atoms with van der Waals surface area (Å²) in [6.07, 6.45) is -6.31. The minimum absolute atomic E-state index is 0.0926. The number of aliphatic hydroxyl groups is 4. The average molecular weight is 314 g/mol. The van der Waals surface area contributed by atoms with E-state index in [9.17, 15) is 25.4 Å². The molecule has 0 spiro atoms. The van der Waals surface area contributed by atoms with Crippen LogP contribution in [0.15, 0.2) is 18.2 Å². The topological polar surface area (TPSA) is 145 Å². The Kier molecular flexibility index (Phi) is 4.94. The van der Waals surface area contributed by atoms with Gasteiger partial charge in [0.15, 0.2) is 6.23 Å². The number of nitrogens with one attached hydrogen (secondary N) is 1. The third-order valence-corrected chi connectivity index (χ3v) is 3.58. The van der Waals surface area contributed by atoms with Gasteiger partial charge in [-0.2, -0.15) is 0 Å². The number of benzene rings is 1. The Bertz CT molecular complexity index is 553. The highest BCUT2D eigenvalue weighted by Gasteiger charge is 2.45. The minimum Gasteiger partial charge on any atom is -0.394 e. The van der Waals surface area contributed by atoms with E-state index in [4.69, 9.17) is 9.84 Å². The smallest absolute Gasteiger partial charge is 0.274 e. The van der Waals surface area contributed by atoms with Crippen LogP contribution in [-0.2, 0) is 4.74 Å². The maximum atomic E-state index is 10.9. The zero-order valence-electron chi connectivity index (χ0n) is 11.8. The summed E-state index contributed by atoms with van der Waals surface area (Å²) in [5.41, 5.74) is 0.717. The number of nitro benzene ring substituents is 1. The highest BCUT2D eigenvalue weighted by Crippen LogP contribution is 2.28. The van der Waals surface area contributed by atoms with Gasteiger partial charge in [0.25, 0.3) is 5.69 Å². The van der Waals surface area contributed by atoms with Gasteiger partial charge >= 0.3 is 0 Å². The van der Waals surface area contributed by atoms with Gasteiger partial charge in [0, 0.05) is 17.3 Å². The second-order valence-electron chi connectivity index (χ2n) is 5.16. The Balaban J connectivity index is 2.14. The van der Waals surface area contributed by atoms with Gasteiger partial charge in [-0.25, -0.2) is 0 Å². The lowest BCUT2D eigenvalue weighted by molar-refractivity contribution is -0.385. The van der Waals surface area contributed by atoms with Crippen LogP contribution in [0.5, 0.6) is 0 Å². The number of aliphatic hydroxyl groups excluding tert-OH is 4. The first-order valence-corrected chi connectivity index (χ1v) is 6.67. The molecule has 5 atom stereocenters. The number of nitro groups is 1. The average Bonchev–Trinajstić information content (AvgIpc) is 2.76. The molecule has 0 aromatic heterocycles. The van der Waals surface area contributed by atoms with Crippen molar-refractivity contribution in [1.29, 1.82) is 0 Å². The van der Waals surface area contributed by atoms with Crippen LogP contribution in [-0.4, -0.2) is 62.6 Å². The fourth-order valence-electron chi connectivity index (χ4n) is 2.31. The van der Waals surface area contributed by atoms with Gasteiger partial charge in [-0.05, 0) is 13.0 Å². The summed E-state index contributed by atoms with van der Waals surface area (Å²) in [6.45, 7) is 0.970. The van der Waals surface area contributed by atoms with Gasteiger partial charge in [-0.15, -0.1) is 0 Å². The van der Waals surface area contributed by atoms with Crippen molar-refractivity contribution in [3.8, 4) is 0 Å². The van der Waals surface area contributed by atoms with E-state index in [1.807, 2.05) is 0 Å². The monoisotopic (exact) mass is 314 g/mol. The van der Waals surface area contributed by atoms with E-state index >= 15 is 0 Å². The molecule has 0 bridgehead atoms. The summed E-state index contributed by atoms with van der Waals surface area (Å²) in [4.78, 5) is 10.4. The number of ether oxygens (including phenoxy) is 1. The number of hydrogen-bond donors (Lipinski definition) is 5. The fraction of sp³-hybridized carbons (Fsp3) is 0.538. The number of hydrogen-bond acceptors (Lipinski definition) is 8. The zero-order chi connectivity index (χ0) is 16.4. The lowest BCUT2D eigenvalue weighted by Crippen LogP contribution is -2.40. The van der Waals surface area contributed by atoms with E-state index in [-0.39, 0.29) is 5.69 Å². The minimum atomic E-state index is -1.39. The third-order valence-electron chi connectivity index (χ3n) is 3.58. The van der Waals surface area contributed by atoms with Crippen molar-refractivity contribution in [1.82, 2.24) is 0 Å². The number of rotatable bonds is 5. The van der Waals surface area contributed by atoms with Crippen molar-refractivity contribution >= 4 is 11.4 Å². The zero-order valence-corrected chi connectivity index (χ0v) is 11.8. The molecule has 0 amide bonds. The first-order valence-electron chi connectivity index (χ1n) is 6.67. The number of anilines is 1. The van der Waals surface area contributed by atoms with Crippen molar-refractivity contribution in [2.24, 2.45) is 0 Å². The molecule has 122 valence electrons. The Labute approximate surface area is 125 Å². The first kappa shape index (κ1) is 16.6. The predicted molar refractivity (Wildman–Crippen MR) is 75.2 cm³/mol. The van der Waals surface area contributed by atoms with Crippen LogP contribution in [0.25, 0.3) is 0 Å². The van der Waals surface area contributed by atoms with Crippen molar-refractivity contribution in [3.63, 3.8) is 0 Å². The van der Waals surface area contributed by atoms with Crippen LogP contribution in [0.2, 0.25) is 0 Å². The molecular weight excluding hydrogens is 296 g/mol. The highest BCUT2D eigenvalue weighted by atomic mass is 16.6. The summed E-state index contributed by atoms with van der Waals surface area (Å²) >= 11 is 0. The van der Waals surface area contributed by atoms with Crippen molar-refractivity contribution in [2.45, 2.75) is 37.6 Å². The maximum Gasteiger partial charge on any atom is 0.274 e. The van der Waals surface area contributed by atoms with Crippen LogP contribution in [0, 0.1) is 17.0 Å². The molecule has 9 heteroatoms. The van der Waals surface area contributed by atoms with Gasteiger partial charge < -0.3 is 30.5 Å². The van der Waals surface area contributed by atoms with Crippen molar-refractivity contribution < 1.29 is 30.1 Å². The number of nitrogens with zero attached hydrogens (tertiary/aromatic N) is 1. The molecule has 1 aliphatic rings. The Morgan fingerprint density at radius 1 is 1.41 bits per heavy atom. The third kappa shape index (κ3) is 3.18. The molecule has 0 saturated carbocycles. The Morgan fingerprint density at radius 3 is 2.68 bits per heavy atom. The molecule has 1 aliphatic heterocycles. The Morgan fingerprint density at radius 2 is 2.09 bits per heavy atom. The van der Waals surface area contributed by atoms with Crippen molar-refractivity contribution in [3.05, 3.63) is 33.9 Å². The quantitative estimate of drug-likeness (QED) is 0.348. The summed E-state index contributed by atoms with van der Waals surface area (Å²) in [6, 6.07) is 4.40. The standard InChI is InChI=1S/C13H18N2O7/c1-6-2-3-7(4-8(6)15(20)21)14-13-11(19)10(18)12(22-13)9(17)5-16/h2-4,9-14,16-19H,5H2,1H3/t9-,10+,11+,12+,13-/m1/s1. The molecule has 9 nitrogen and oxygen atoms in total. The SMILES string of the molecule is Cc1ccc(N[C@@H]2O[C@@H]([C@H](O)CO)[C@@H](O)[C@@H]2O)cc1[N+](=O)[O-]. The predicted octanol–water partition coefficient (Wildman–Crippen LogP) is -0.885. The first-order chi connectivity index (χ1) is 10.3. The van der Waals surface area contributed by atoms with Crippen LogP contribution >= 0.6 is 0 Å². The fourth-order valence-corrected chi connectivity index (χ4v) is 2.31. The van der Waals surface area contributed by atoms with E-state index in [0.717, 1.165) is 0 Å². The normalized spacial score (nSPS) is 29.3. The molecular formula is C13H18N2O7. The largest absolute Gasteiger partial charge is 0.394 e. The summed E-state index contributed by atoms with van der Waals surface area (Å²) in [5.74, 6) is 0. The van der Waals surface area contributed by atoms with E-state index in [2.05, 4.69) is 5.32 Å². The molecule has 1 aromatic carbocycles. The van der Waals surface area contributed by atoms with Crippen LogP contribution in [0.4, 0.5) is 11.4 Å². The van der Waals surface area contributed by atoms with Gasteiger partial charge in [-0.3, -0.25) is 10.1 Å². The van der Waals surface area contributed by atoms with Crippen LogP contribution in [0.3, 0.4) is 0 Å². The van der Waals surface area contributed by atoms with Crippen molar-refractivity contribution in [2.75, 3.05) is 11.9 Å². The van der Waals surface area contributed by atoms with E-state index in [1.165, 1.54) is 12.1 Å². The van der Waals surface area contributed by atoms with Gasteiger partial charge in [-0.1, -0.05) is 6.07 Å². The molecule has 1 aromatic rings. The Hall–Kier alpha value is -1.78.